The topological polar surface area (TPSA) is 98.1 Å². The van der Waals surface area contributed by atoms with Crippen molar-refractivity contribution in [3.63, 3.8) is 0 Å². The van der Waals surface area contributed by atoms with E-state index < -0.39 is 10.9 Å². The summed E-state index contributed by atoms with van der Waals surface area (Å²) in [5.41, 5.74) is 1.92. The van der Waals surface area contributed by atoms with Gasteiger partial charge in [-0.25, -0.2) is 4.79 Å². The molecule has 19 heavy (non-hydrogen) atoms. The summed E-state index contributed by atoms with van der Waals surface area (Å²) >= 11 is 0. The lowest BCUT2D eigenvalue weighted by Gasteiger charge is -2.02. The van der Waals surface area contributed by atoms with Crippen molar-refractivity contribution in [2.24, 2.45) is 0 Å². The van der Waals surface area contributed by atoms with E-state index in [1.165, 1.54) is 19.2 Å². The van der Waals surface area contributed by atoms with Gasteiger partial charge in [0.15, 0.2) is 0 Å². The maximum absolute atomic E-state index is 11.7. The zero-order chi connectivity index (χ0) is 14.0. The Morgan fingerprint density at radius 3 is 2.53 bits per heavy atom. The summed E-state index contributed by atoms with van der Waals surface area (Å²) in [6.45, 7) is 1.70. The van der Waals surface area contributed by atoms with Crippen molar-refractivity contribution in [3.05, 3.63) is 45.6 Å². The second kappa shape index (κ2) is 4.89. The molecule has 1 aromatic carbocycles. The number of carbonyl (C=O) groups is 1. The van der Waals surface area contributed by atoms with Crippen molar-refractivity contribution in [2.45, 2.75) is 6.92 Å². The van der Waals surface area contributed by atoms with Gasteiger partial charge in [-0.2, -0.15) is 5.10 Å². The highest BCUT2D eigenvalue weighted by molar-refractivity contribution is 5.97. The first-order valence-electron chi connectivity index (χ1n) is 5.42. The lowest BCUT2D eigenvalue weighted by atomic mass is 10.1. The number of carbonyl (C=O) groups excluding carboxylic acids is 1. The van der Waals surface area contributed by atoms with E-state index >= 15 is 0 Å². The Balaban J connectivity index is 2.47. The predicted octanol–water partition coefficient (Wildman–Crippen LogP) is 2.08. The number of aryl methyl sites for hydroxylation is 1. The normalized spacial score (nSPS) is 10.2. The van der Waals surface area contributed by atoms with E-state index in [-0.39, 0.29) is 5.69 Å². The molecule has 1 heterocycles. The number of nitrogens with zero attached hydrogens (tertiary/aromatic N) is 2. The van der Waals surface area contributed by atoms with Crippen LogP contribution in [0.25, 0.3) is 11.3 Å². The number of aromatic nitrogens is 2. The average Bonchev–Trinajstić information content (AvgIpc) is 2.80. The van der Waals surface area contributed by atoms with Crippen LogP contribution < -0.4 is 0 Å². The first-order chi connectivity index (χ1) is 9.04. The Kier molecular flexibility index (Phi) is 3.28. The summed E-state index contributed by atoms with van der Waals surface area (Å²) in [6.07, 6.45) is 0. The number of benzene rings is 1. The molecule has 1 aromatic heterocycles. The van der Waals surface area contributed by atoms with Gasteiger partial charge >= 0.3 is 5.97 Å². The van der Waals surface area contributed by atoms with E-state index in [0.717, 1.165) is 0 Å². The van der Waals surface area contributed by atoms with Crippen molar-refractivity contribution in [2.75, 3.05) is 7.11 Å². The van der Waals surface area contributed by atoms with Gasteiger partial charge in [0.1, 0.15) is 11.3 Å². The molecule has 0 bridgehead atoms. The van der Waals surface area contributed by atoms with Gasteiger partial charge < -0.3 is 4.74 Å². The summed E-state index contributed by atoms with van der Waals surface area (Å²) < 4.78 is 4.69. The average molecular weight is 261 g/mol. The van der Waals surface area contributed by atoms with Gasteiger partial charge in [-0.15, -0.1) is 0 Å². The van der Waals surface area contributed by atoms with Gasteiger partial charge in [0.05, 0.1) is 12.0 Å². The van der Waals surface area contributed by atoms with Crippen LogP contribution in [0.1, 0.15) is 16.1 Å². The maximum atomic E-state index is 11.7. The zero-order valence-corrected chi connectivity index (χ0v) is 10.3. The maximum Gasteiger partial charge on any atom is 0.341 e. The van der Waals surface area contributed by atoms with Crippen LogP contribution in [0.2, 0.25) is 0 Å². The highest BCUT2D eigenvalue weighted by Crippen LogP contribution is 2.26. The van der Waals surface area contributed by atoms with Crippen LogP contribution in [0, 0.1) is 17.0 Å². The van der Waals surface area contributed by atoms with Crippen molar-refractivity contribution in [1.29, 1.82) is 0 Å². The number of nitro benzene ring substituents is 1. The lowest BCUT2D eigenvalue weighted by molar-refractivity contribution is -0.384. The van der Waals surface area contributed by atoms with Gasteiger partial charge in [-0.1, -0.05) is 0 Å². The SMILES string of the molecule is COC(=O)c1c(-c2ccc([N+](=O)[O-])cc2)n[nH]c1C. The number of ether oxygens (including phenoxy) is 1. The highest BCUT2D eigenvalue weighted by Gasteiger charge is 2.20. The van der Waals surface area contributed by atoms with Gasteiger partial charge in [0, 0.05) is 23.4 Å². The van der Waals surface area contributed by atoms with Gasteiger partial charge in [-0.05, 0) is 19.1 Å². The number of aromatic amines is 1. The monoisotopic (exact) mass is 261 g/mol. The smallest absolute Gasteiger partial charge is 0.341 e. The Morgan fingerprint density at radius 2 is 2.00 bits per heavy atom. The molecule has 0 aliphatic rings. The van der Waals surface area contributed by atoms with Crippen molar-refractivity contribution < 1.29 is 14.5 Å². The number of hydrogen-bond acceptors (Lipinski definition) is 5. The minimum atomic E-state index is -0.500. The molecule has 0 aliphatic heterocycles. The van der Waals surface area contributed by atoms with Crippen molar-refractivity contribution in [1.82, 2.24) is 10.2 Å². The fourth-order valence-corrected chi connectivity index (χ4v) is 1.73. The number of H-pyrrole nitrogens is 1. The molecule has 2 rings (SSSR count). The number of methoxy groups -OCH3 is 1. The fraction of sp³-hybridized carbons (Fsp3) is 0.167. The second-order valence-electron chi connectivity index (χ2n) is 3.87. The quantitative estimate of drug-likeness (QED) is 0.518. The van der Waals surface area contributed by atoms with Crippen LogP contribution in [0.3, 0.4) is 0 Å². The summed E-state index contributed by atoms with van der Waals surface area (Å²) in [7, 11) is 1.29. The number of hydrogen-bond donors (Lipinski definition) is 1. The summed E-state index contributed by atoms with van der Waals surface area (Å²) in [5, 5.41) is 17.3. The Hall–Kier alpha value is -2.70. The van der Waals surface area contributed by atoms with Gasteiger partial charge in [0.25, 0.3) is 5.69 Å². The summed E-state index contributed by atoms with van der Waals surface area (Å²) in [6, 6.07) is 5.81. The molecule has 0 atom stereocenters. The summed E-state index contributed by atoms with van der Waals surface area (Å²) in [5.74, 6) is -0.500. The van der Waals surface area contributed by atoms with Crippen molar-refractivity contribution in [3.8, 4) is 11.3 Å². The second-order valence-corrected chi connectivity index (χ2v) is 3.87. The summed E-state index contributed by atoms with van der Waals surface area (Å²) in [4.78, 5) is 21.8. The molecule has 0 fully saturated rings. The first-order valence-corrected chi connectivity index (χ1v) is 5.42. The standard InChI is InChI=1S/C12H11N3O4/c1-7-10(12(16)19-2)11(14-13-7)8-3-5-9(6-4-8)15(17)18/h3-6H,1-2H3,(H,13,14). The van der Waals surface area contributed by atoms with E-state index in [2.05, 4.69) is 10.2 Å². The number of nitrogens with one attached hydrogen (secondary N) is 1. The Morgan fingerprint density at radius 1 is 1.37 bits per heavy atom. The third kappa shape index (κ3) is 2.30. The molecule has 0 amide bonds. The van der Waals surface area contributed by atoms with E-state index in [1.807, 2.05) is 0 Å². The molecule has 0 unspecified atom stereocenters. The third-order valence-electron chi connectivity index (χ3n) is 2.69. The molecule has 0 saturated heterocycles. The van der Waals surface area contributed by atoms with Crippen molar-refractivity contribution >= 4 is 11.7 Å². The number of non-ortho nitro benzene ring substituents is 1. The van der Waals surface area contributed by atoms with Crippen LogP contribution >= 0.6 is 0 Å². The Labute approximate surface area is 108 Å². The first kappa shape index (κ1) is 12.7. The van der Waals surface area contributed by atoms with Crippen LogP contribution in [-0.4, -0.2) is 28.2 Å². The molecule has 0 saturated carbocycles. The molecule has 0 spiro atoms. The van der Waals surface area contributed by atoms with E-state index in [1.54, 1.807) is 19.1 Å². The van der Waals surface area contributed by atoms with Crippen LogP contribution in [0.15, 0.2) is 24.3 Å². The largest absolute Gasteiger partial charge is 0.465 e. The van der Waals surface area contributed by atoms with Crippen LogP contribution in [-0.2, 0) is 4.74 Å². The predicted molar refractivity (Wildman–Crippen MR) is 66.8 cm³/mol. The molecule has 0 radical (unpaired) electrons. The third-order valence-corrected chi connectivity index (χ3v) is 2.69. The minimum absolute atomic E-state index is 0.0179. The van der Waals surface area contributed by atoms with Gasteiger partial charge in [0.2, 0.25) is 0 Å². The van der Waals surface area contributed by atoms with Gasteiger partial charge in [-0.3, -0.25) is 15.2 Å². The highest BCUT2D eigenvalue weighted by atomic mass is 16.6. The molecule has 0 aliphatic carbocycles. The molecule has 1 N–H and O–H groups in total. The molecule has 98 valence electrons. The number of nitro groups is 1. The number of esters is 1. The van der Waals surface area contributed by atoms with Crippen LogP contribution in [0.5, 0.6) is 0 Å². The van der Waals surface area contributed by atoms with E-state index in [9.17, 15) is 14.9 Å². The van der Waals surface area contributed by atoms with E-state index in [0.29, 0.717) is 22.5 Å². The Bertz CT molecular complexity index is 631. The van der Waals surface area contributed by atoms with E-state index in [4.69, 9.17) is 4.74 Å². The number of rotatable bonds is 3. The minimum Gasteiger partial charge on any atom is -0.465 e. The molecule has 7 heteroatoms. The molecule has 2 aromatic rings. The zero-order valence-electron chi connectivity index (χ0n) is 10.3. The molecular weight excluding hydrogens is 250 g/mol. The molecular formula is C12H11N3O4. The van der Waals surface area contributed by atoms with Crippen LogP contribution in [0.4, 0.5) is 5.69 Å². The lowest BCUT2D eigenvalue weighted by Crippen LogP contribution is -2.03. The molecule has 7 nitrogen and oxygen atoms in total. The fourth-order valence-electron chi connectivity index (χ4n) is 1.73.